The van der Waals surface area contributed by atoms with Crippen molar-refractivity contribution in [3.8, 4) is 29.4 Å². The average molecular weight is 653 g/mol. The highest BCUT2D eigenvalue weighted by atomic mass is 16.5. The van der Waals surface area contributed by atoms with Crippen LogP contribution in [0.4, 0.5) is 5.69 Å². The van der Waals surface area contributed by atoms with Crippen molar-refractivity contribution in [1.29, 1.82) is 10.5 Å². The van der Waals surface area contributed by atoms with Gasteiger partial charge in [-0.2, -0.15) is 10.5 Å². The summed E-state index contributed by atoms with van der Waals surface area (Å²) in [7, 11) is 1.64. The van der Waals surface area contributed by atoms with Crippen LogP contribution >= 0.6 is 0 Å². The fraction of sp³-hybridized carbons (Fsp3) is 0.405. The molecule has 4 aliphatic rings. The summed E-state index contributed by atoms with van der Waals surface area (Å²) in [6.07, 6.45) is 7.70. The maximum atomic E-state index is 14.0. The van der Waals surface area contributed by atoms with Gasteiger partial charge in [0.2, 0.25) is 0 Å². The molecule has 2 aliphatic heterocycles. The van der Waals surface area contributed by atoms with Crippen LogP contribution in [0.15, 0.2) is 48.8 Å². The Morgan fingerprint density at radius 2 is 1.84 bits per heavy atom. The summed E-state index contributed by atoms with van der Waals surface area (Å²) < 4.78 is 10.6. The number of hydrogen-bond acceptors (Lipinski definition) is 9. The number of nitrogens with zero attached hydrogens (tertiary/aromatic N) is 9. The van der Waals surface area contributed by atoms with Gasteiger partial charge in [0, 0.05) is 74.1 Å². The number of anilines is 1. The molecule has 49 heavy (non-hydrogen) atoms. The first-order chi connectivity index (χ1) is 23.9. The summed E-state index contributed by atoms with van der Waals surface area (Å²) >= 11 is 0. The molecule has 1 amide bonds. The molecular weight excluding hydrogens is 616 g/mol. The van der Waals surface area contributed by atoms with Gasteiger partial charge in [0.25, 0.3) is 5.91 Å². The van der Waals surface area contributed by atoms with E-state index in [9.17, 15) is 15.3 Å². The number of piperidine rings is 1. The summed E-state index contributed by atoms with van der Waals surface area (Å²) in [4.78, 5) is 32.3. The first kappa shape index (κ1) is 29.7. The summed E-state index contributed by atoms with van der Waals surface area (Å²) in [5, 5.41) is 20.2. The number of amides is 1. The molecule has 12 heteroatoms. The van der Waals surface area contributed by atoms with Crippen LogP contribution in [0.2, 0.25) is 0 Å². The standard InChI is InChI=1S/C37H36N10O2/c1-49-32-12-26(37(48)46-20-25-6-7-29(46)33(25)40)10-27-34(32)47(19-23-16-44(17-23)30-9-22(13-38)15-42-28(30)14-39)36(43-27)31-11-24-3-2-8-41-35(24)45(31)18-21-4-5-21/h2-3,8-12,15,21,23,25,29,33H,4-7,16-20,40H2,1H3/t25-,29-,33-/m1/s1. The number of hydrogen-bond donors (Lipinski definition) is 1. The average Bonchev–Trinajstić information content (AvgIpc) is 3.47. The Kier molecular flexibility index (Phi) is 6.85. The number of pyridine rings is 2. The van der Waals surface area contributed by atoms with Gasteiger partial charge < -0.3 is 29.4 Å². The third-order valence-corrected chi connectivity index (χ3v) is 11.1. The molecule has 4 aromatic heterocycles. The van der Waals surface area contributed by atoms with E-state index in [1.54, 1.807) is 13.2 Å². The molecule has 0 spiro atoms. The number of ether oxygens (including phenoxy) is 1. The molecule has 0 unspecified atom stereocenters. The van der Waals surface area contributed by atoms with Gasteiger partial charge in [-0.05, 0) is 73.9 Å². The molecule has 2 saturated heterocycles. The van der Waals surface area contributed by atoms with E-state index in [1.165, 1.54) is 19.0 Å². The van der Waals surface area contributed by atoms with Gasteiger partial charge in [-0.25, -0.2) is 15.0 Å². The molecule has 2 bridgehead atoms. The second-order valence-electron chi connectivity index (χ2n) is 14.1. The van der Waals surface area contributed by atoms with Crippen molar-refractivity contribution in [2.24, 2.45) is 23.5 Å². The van der Waals surface area contributed by atoms with Crippen molar-refractivity contribution in [3.63, 3.8) is 0 Å². The van der Waals surface area contributed by atoms with Crippen molar-refractivity contribution < 1.29 is 9.53 Å². The molecule has 2 N–H and O–H groups in total. The molecule has 246 valence electrons. The monoisotopic (exact) mass is 652 g/mol. The number of likely N-dealkylation sites (tertiary alicyclic amines) is 1. The Balaban J connectivity index is 1.13. The van der Waals surface area contributed by atoms with Crippen LogP contribution in [0.1, 0.15) is 47.3 Å². The van der Waals surface area contributed by atoms with E-state index in [0.717, 1.165) is 47.5 Å². The maximum Gasteiger partial charge on any atom is 0.254 e. The molecule has 2 aliphatic carbocycles. The molecule has 6 heterocycles. The molecular formula is C37H36N10O2. The quantitative estimate of drug-likeness (QED) is 0.258. The largest absolute Gasteiger partial charge is 0.494 e. The number of carbonyl (C=O) groups is 1. The van der Waals surface area contributed by atoms with Crippen molar-refractivity contribution in [1.82, 2.24) is 29.0 Å². The third-order valence-electron chi connectivity index (χ3n) is 11.1. The topological polar surface area (TPSA) is 155 Å². The van der Waals surface area contributed by atoms with Gasteiger partial charge in [-0.15, -0.1) is 0 Å². The van der Waals surface area contributed by atoms with Crippen molar-refractivity contribution >= 4 is 33.7 Å². The minimum Gasteiger partial charge on any atom is -0.494 e. The SMILES string of the molecule is COc1cc(C(=O)N2C[C@H]3CC[C@@H]2[C@@H]3N)cc2nc(-c3cc4cccnc4n3CC3CC3)n(CC3CN(c4cc(C#N)cnc4C#N)C3)c12. The summed E-state index contributed by atoms with van der Waals surface area (Å²) in [6, 6.07) is 16.2. The van der Waals surface area contributed by atoms with Crippen LogP contribution in [-0.4, -0.2) is 73.7 Å². The highest BCUT2D eigenvalue weighted by Gasteiger charge is 2.47. The van der Waals surface area contributed by atoms with Gasteiger partial charge in [0.05, 0.1) is 29.6 Å². The van der Waals surface area contributed by atoms with Crippen molar-refractivity contribution in [2.45, 2.75) is 50.9 Å². The lowest BCUT2D eigenvalue weighted by Gasteiger charge is -2.41. The van der Waals surface area contributed by atoms with Gasteiger partial charge >= 0.3 is 0 Å². The molecule has 5 aromatic rings. The molecule has 2 saturated carbocycles. The summed E-state index contributed by atoms with van der Waals surface area (Å²) in [5.74, 6) is 2.58. The molecule has 9 rings (SSSR count). The fourth-order valence-corrected chi connectivity index (χ4v) is 8.33. The number of fused-ring (bicyclic) bond motifs is 4. The van der Waals surface area contributed by atoms with Crippen LogP contribution < -0.4 is 15.4 Å². The minimum atomic E-state index is -0.0258. The van der Waals surface area contributed by atoms with E-state index in [0.29, 0.717) is 71.8 Å². The van der Waals surface area contributed by atoms with E-state index in [1.807, 2.05) is 29.3 Å². The molecule has 3 atom stereocenters. The summed E-state index contributed by atoms with van der Waals surface area (Å²) in [6.45, 7) is 3.58. The zero-order valence-corrected chi connectivity index (χ0v) is 27.3. The van der Waals surface area contributed by atoms with Crippen LogP contribution in [0.5, 0.6) is 5.75 Å². The number of nitriles is 2. The Hall–Kier alpha value is -5.46. The summed E-state index contributed by atoms with van der Waals surface area (Å²) in [5.41, 5.74) is 11.9. The Morgan fingerprint density at radius 3 is 2.55 bits per heavy atom. The van der Waals surface area contributed by atoms with E-state index < -0.39 is 0 Å². The Bertz CT molecular complexity index is 2230. The minimum absolute atomic E-state index is 0.0258. The predicted molar refractivity (Wildman–Crippen MR) is 183 cm³/mol. The Morgan fingerprint density at radius 1 is 1.00 bits per heavy atom. The van der Waals surface area contributed by atoms with E-state index in [-0.39, 0.29) is 23.9 Å². The van der Waals surface area contributed by atoms with Crippen LogP contribution in [-0.2, 0) is 13.1 Å². The third kappa shape index (κ3) is 4.81. The zero-order valence-electron chi connectivity index (χ0n) is 27.3. The number of rotatable bonds is 8. The van der Waals surface area contributed by atoms with Crippen LogP contribution in [0.3, 0.4) is 0 Å². The van der Waals surface area contributed by atoms with Gasteiger partial charge in [-0.1, -0.05) is 0 Å². The molecule has 0 radical (unpaired) electrons. The van der Waals surface area contributed by atoms with Gasteiger partial charge in [0.15, 0.2) is 11.5 Å². The highest BCUT2D eigenvalue weighted by Crippen LogP contribution is 2.41. The predicted octanol–water partition coefficient (Wildman–Crippen LogP) is 4.31. The van der Waals surface area contributed by atoms with Crippen LogP contribution in [0, 0.1) is 40.4 Å². The van der Waals surface area contributed by atoms with Crippen molar-refractivity contribution in [3.05, 3.63) is 65.6 Å². The lowest BCUT2D eigenvalue weighted by molar-refractivity contribution is 0.0700. The normalized spacial score (nSPS) is 21.7. The molecule has 12 nitrogen and oxygen atoms in total. The van der Waals surface area contributed by atoms with E-state index in [2.05, 4.69) is 43.3 Å². The Labute approximate surface area is 283 Å². The molecule has 4 fully saturated rings. The van der Waals surface area contributed by atoms with Gasteiger partial charge in [0.1, 0.15) is 29.1 Å². The lowest BCUT2D eigenvalue weighted by Crippen LogP contribution is -2.49. The van der Waals surface area contributed by atoms with Crippen LogP contribution in [0.25, 0.3) is 33.6 Å². The maximum absolute atomic E-state index is 14.0. The number of imidazole rings is 1. The second-order valence-corrected chi connectivity index (χ2v) is 14.1. The highest BCUT2D eigenvalue weighted by molar-refractivity contribution is 6.00. The van der Waals surface area contributed by atoms with E-state index >= 15 is 0 Å². The number of benzene rings is 1. The number of methoxy groups -OCH3 is 1. The van der Waals surface area contributed by atoms with E-state index in [4.69, 9.17) is 20.4 Å². The first-order valence-electron chi connectivity index (χ1n) is 17.1. The van der Waals surface area contributed by atoms with Gasteiger partial charge in [-0.3, -0.25) is 4.79 Å². The van der Waals surface area contributed by atoms with Crippen molar-refractivity contribution in [2.75, 3.05) is 31.6 Å². The second kappa shape index (κ2) is 11.3. The number of carbonyl (C=O) groups excluding carboxylic acids is 1. The number of nitrogens with two attached hydrogens (primary N) is 1. The fourth-order valence-electron chi connectivity index (χ4n) is 8.33. The first-order valence-corrected chi connectivity index (χ1v) is 17.1. The lowest BCUT2D eigenvalue weighted by atomic mass is 9.98. The smallest absolute Gasteiger partial charge is 0.254 e. The zero-order chi connectivity index (χ0) is 33.4. The number of aromatic nitrogens is 5. The molecule has 1 aromatic carbocycles.